The van der Waals surface area contributed by atoms with E-state index >= 15 is 0 Å². The van der Waals surface area contributed by atoms with Crippen molar-refractivity contribution in [2.75, 3.05) is 13.1 Å². The lowest BCUT2D eigenvalue weighted by atomic mass is 10.0. The predicted octanol–water partition coefficient (Wildman–Crippen LogP) is 4.09. The third-order valence-corrected chi connectivity index (χ3v) is 5.88. The smallest absolute Gasteiger partial charge is 0.273 e. The SMILES string of the molecule is Cc1cnc(C2CC2)n1C1CCCN(C(=O)c2nccc3ccccc23)C1. The van der Waals surface area contributed by atoms with Gasteiger partial charge in [0.05, 0.1) is 6.04 Å². The number of imidazole rings is 1. The maximum Gasteiger partial charge on any atom is 0.273 e. The molecule has 1 aromatic carbocycles. The van der Waals surface area contributed by atoms with Crippen LogP contribution in [0.25, 0.3) is 10.8 Å². The highest BCUT2D eigenvalue weighted by Gasteiger charge is 2.33. The summed E-state index contributed by atoms with van der Waals surface area (Å²) in [5, 5.41) is 2.00. The molecule has 1 unspecified atom stereocenters. The van der Waals surface area contributed by atoms with Crippen molar-refractivity contribution in [3.05, 3.63) is 59.9 Å². The Balaban J connectivity index is 1.44. The van der Waals surface area contributed by atoms with Crippen LogP contribution >= 0.6 is 0 Å². The van der Waals surface area contributed by atoms with Crippen LogP contribution < -0.4 is 0 Å². The maximum atomic E-state index is 13.3. The highest BCUT2D eigenvalue weighted by molar-refractivity contribution is 6.05. The van der Waals surface area contributed by atoms with Gasteiger partial charge >= 0.3 is 0 Å². The number of hydrogen-bond donors (Lipinski definition) is 0. The van der Waals surface area contributed by atoms with Gasteiger partial charge in [-0.1, -0.05) is 24.3 Å². The van der Waals surface area contributed by atoms with Crippen LogP contribution in [0.3, 0.4) is 0 Å². The lowest BCUT2D eigenvalue weighted by Crippen LogP contribution is -2.41. The first-order valence-corrected chi connectivity index (χ1v) is 9.89. The maximum absolute atomic E-state index is 13.3. The number of likely N-dealkylation sites (tertiary alicyclic amines) is 1. The molecule has 5 rings (SSSR count). The Morgan fingerprint density at radius 1 is 1.11 bits per heavy atom. The number of fused-ring (bicyclic) bond motifs is 1. The number of carbonyl (C=O) groups is 1. The van der Waals surface area contributed by atoms with Crippen LogP contribution in [0.5, 0.6) is 0 Å². The lowest BCUT2D eigenvalue weighted by Gasteiger charge is -2.34. The van der Waals surface area contributed by atoms with Gasteiger partial charge in [0.2, 0.25) is 0 Å². The van der Waals surface area contributed by atoms with Crippen LogP contribution in [0.4, 0.5) is 0 Å². The van der Waals surface area contributed by atoms with Gasteiger partial charge in [0.1, 0.15) is 11.5 Å². The summed E-state index contributed by atoms with van der Waals surface area (Å²) in [5.74, 6) is 1.88. The molecule has 0 N–H and O–H groups in total. The van der Waals surface area contributed by atoms with Gasteiger partial charge in [-0.05, 0) is 44.1 Å². The summed E-state index contributed by atoms with van der Waals surface area (Å²) >= 11 is 0. The van der Waals surface area contributed by atoms with Gasteiger partial charge in [0, 0.05) is 42.5 Å². The summed E-state index contributed by atoms with van der Waals surface area (Å²) in [4.78, 5) is 24.4. The molecule has 2 aliphatic rings. The van der Waals surface area contributed by atoms with E-state index < -0.39 is 0 Å². The van der Waals surface area contributed by atoms with Crippen molar-refractivity contribution in [1.29, 1.82) is 0 Å². The molecule has 138 valence electrons. The zero-order valence-corrected chi connectivity index (χ0v) is 15.6. The second kappa shape index (κ2) is 6.48. The fraction of sp³-hybridized carbons (Fsp3) is 0.409. The summed E-state index contributed by atoms with van der Waals surface area (Å²) in [7, 11) is 0. The van der Waals surface area contributed by atoms with Crippen LogP contribution in [0, 0.1) is 6.92 Å². The van der Waals surface area contributed by atoms with Crippen LogP contribution in [0.15, 0.2) is 42.7 Å². The van der Waals surface area contributed by atoms with Gasteiger partial charge in [-0.3, -0.25) is 9.78 Å². The number of aryl methyl sites for hydroxylation is 1. The van der Waals surface area contributed by atoms with E-state index in [2.05, 4.69) is 21.5 Å². The average molecular weight is 360 g/mol. The first kappa shape index (κ1) is 16.5. The summed E-state index contributed by atoms with van der Waals surface area (Å²) in [6, 6.07) is 10.3. The van der Waals surface area contributed by atoms with Crippen LogP contribution in [-0.4, -0.2) is 38.4 Å². The third kappa shape index (κ3) is 2.91. The number of rotatable bonds is 3. The lowest BCUT2D eigenvalue weighted by molar-refractivity contribution is 0.0673. The molecule has 5 heteroatoms. The third-order valence-electron chi connectivity index (χ3n) is 5.88. The molecule has 0 spiro atoms. The fourth-order valence-corrected chi connectivity index (χ4v) is 4.37. The van der Waals surface area contributed by atoms with E-state index in [-0.39, 0.29) is 5.91 Å². The van der Waals surface area contributed by atoms with Gasteiger partial charge in [0.25, 0.3) is 5.91 Å². The largest absolute Gasteiger partial charge is 0.335 e. The van der Waals surface area contributed by atoms with E-state index in [1.165, 1.54) is 24.4 Å². The second-order valence-corrected chi connectivity index (χ2v) is 7.83. The molecule has 1 saturated carbocycles. The van der Waals surface area contributed by atoms with E-state index in [4.69, 9.17) is 0 Å². The number of hydrogen-bond acceptors (Lipinski definition) is 3. The van der Waals surface area contributed by atoms with Gasteiger partial charge in [0.15, 0.2) is 0 Å². The number of aromatic nitrogens is 3. The van der Waals surface area contributed by atoms with E-state index in [9.17, 15) is 4.79 Å². The summed E-state index contributed by atoms with van der Waals surface area (Å²) in [6.45, 7) is 3.67. The molecule has 1 saturated heterocycles. The van der Waals surface area contributed by atoms with Crippen molar-refractivity contribution in [3.8, 4) is 0 Å². The molecule has 5 nitrogen and oxygen atoms in total. The van der Waals surface area contributed by atoms with Crippen LogP contribution in [0.1, 0.15) is 59.6 Å². The summed E-state index contributed by atoms with van der Waals surface area (Å²) < 4.78 is 2.40. The predicted molar refractivity (Wildman–Crippen MR) is 105 cm³/mol. The molecular weight excluding hydrogens is 336 g/mol. The first-order chi connectivity index (χ1) is 13.2. The van der Waals surface area contributed by atoms with Crippen LogP contribution in [0.2, 0.25) is 0 Å². The van der Waals surface area contributed by atoms with E-state index in [0.29, 0.717) is 17.7 Å². The van der Waals surface area contributed by atoms with E-state index in [1.807, 2.05) is 41.4 Å². The number of nitrogens with zero attached hydrogens (tertiary/aromatic N) is 4. The zero-order chi connectivity index (χ0) is 18.4. The highest BCUT2D eigenvalue weighted by Crippen LogP contribution is 2.41. The Morgan fingerprint density at radius 2 is 1.96 bits per heavy atom. The van der Waals surface area contributed by atoms with E-state index in [0.717, 1.165) is 36.7 Å². The number of pyridine rings is 1. The summed E-state index contributed by atoms with van der Waals surface area (Å²) in [6.07, 6.45) is 8.33. The van der Waals surface area contributed by atoms with Gasteiger partial charge in [-0.2, -0.15) is 0 Å². The first-order valence-electron chi connectivity index (χ1n) is 9.89. The minimum Gasteiger partial charge on any atom is -0.335 e. The molecule has 1 atom stereocenters. The van der Waals surface area contributed by atoms with Gasteiger partial charge in [-0.15, -0.1) is 0 Å². The normalized spacial score (nSPS) is 20.2. The van der Waals surface area contributed by atoms with Crippen molar-refractivity contribution in [1.82, 2.24) is 19.4 Å². The molecular formula is C22H24N4O. The Kier molecular flexibility index (Phi) is 3.96. The molecule has 3 aromatic rings. The molecule has 0 bridgehead atoms. The molecule has 0 radical (unpaired) electrons. The Morgan fingerprint density at radius 3 is 2.81 bits per heavy atom. The molecule has 1 aliphatic heterocycles. The van der Waals surface area contributed by atoms with Crippen molar-refractivity contribution < 1.29 is 4.79 Å². The molecule has 1 aliphatic carbocycles. The van der Waals surface area contributed by atoms with E-state index in [1.54, 1.807) is 6.20 Å². The topological polar surface area (TPSA) is 51.0 Å². The second-order valence-electron chi connectivity index (χ2n) is 7.83. The minimum atomic E-state index is 0.0437. The summed E-state index contributed by atoms with van der Waals surface area (Å²) in [5.41, 5.74) is 1.78. The minimum absolute atomic E-state index is 0.0437. The van der Waals surface area contributed by atoms with Gasteiger partial charge < -0.3 is 9.47 Å². The molecule has 2 aromatic heterocycles. The van der Waals surface area contributed by atoms with Crippen LogP contribution in [-0.2, 0) is 0 Å². The monoisotopic (exact) mass is 360 g/mol. The number of carbonyl (C=O) groups excluding carboxylic acids is 1. The standard InChI is InChI=1S/C22H24N4O/c1-15-13-24-21(17-8-9-17)26(15)18-6-4-12-25(14-18)22(27)20-19-7-3-2-5-16(19)10-11-23-20/h2-3,5,7,10-11,13,17-18H,4,6,8-9,12,14H2,1H3. The zero-order valence-electron chi connectivity index (χ0n) is 15.6. The molecule has 1 amide bonds. The van der Waals surface area contributed by atoms with Gasteiger partial charge in [-0.25, -0.2) is 4.98 Å². The van der Waals surface area contributed by atoms with Crippen molar-refractivity contribution >= 4 is 16.7 Å². The Bertz CT molecular complexity index is 999. The fourth-order valence-electron chi connectivity index (χ4n) is 4.37. The Labute approximate surface area is 159 Å². The number of piperidine rings is 1. The van der Waals surface area contributed by atoms with Crippen molar-refractivity contribution in [2.24, 2.45) is 0 Å². The number of benzene rings is 1. The van der Waals surface area contributed by atoms with Crippen molar-refractivity contribution in [2.45, 2.75) is 44.6 Å². The molecule has 2 fully saturated rings. The highest BCUT2D eigenvalue weighted by atomic mass is 16.2. The number of amides is 1. The average Bonchev–Trinajstić information content (AvgIpc) is 3.49. The quantitative estimate of drug-likeness (QED) is 0.707. The van der Waals surface area contributed by atoms with Crippen molar-refractivity contribution in [3.63, 3.8) is 0 Å². The molecule has 3 heterocycles. The Hall–Kier alpha value is -2.69. The molecule has 27 heavy (non-hydrogen) atoms.